The standard InChI is InChI=1S/C15H19N3O4/c1-2-17-11-6-3-4-7-12(11)18(15(17)22)10-13(19)16-9-5-8-14(20)21/h3-4,6-7H,2,5,8-10H2,1H3,(H,16,19)(H,20,21). The van der Waals surface area contributed by atoms with Crippen LogP contribution in [0.25, 0.3) is 11.0 Å². The number of carboxylic acid groups (broad SMARTS) is 1. The topological polar surface area (TPSA) is 93.3 Å². The van der Waals surface area contributed by atoms with Gasteiger partial charge in [0.15, 0.2) is 0 Å². The van der Waals surface area contributed by atoms with Gasteiger partial charge in [-0.2, -0.15) is 0 Å². The number of para-hydroxylation sites is 2. The molecule has 2 aromatic rings. The third-order valence-electron chi connectivity index (χ3n) is 3.43. The third-order valence-corrected chi connectivity index (χ3v) is 3.43. The van der Waals surface area contributed by atoms with Gasteiger partial charge in [0.05, 0.1) is 11.0 Å². The minimum Gasteiger partial charge on any atom is -0.481 e. The van der Waals surface area contributed by atoms with Crippen molar-refractivity contribution >= 4 is 22.9 Å². The van der Waals surface area contributed by atoms with Crippen LogP contribution in [0.2, 0.25) is 0 Å². The zero-order chi connectivity index (χ0) is 16.1. The Morgan fingerprint density at radius 1 is 1.18 bits per heavy atom. The van der Waals surface area contributed by atoms with Crippen LogP contribution in [-0.2, 0) is 22.7 Å². The summed E-state index contributed by atoms with van der Waals surface area (Å²) in [5.41, 5.74) is 1.30. The number of aliphatic carboxylic acids is 1. The molecule has 1 aromatic heterocycles. The molecule has 0 unspecified atom stereocenters. The lowest BCUT2D eigenvalue weighted by Crippen LogP contribution is -2.33. The van der Waals surface area contributed by atoms with Crippen molar-refractivity contribution in [3.63, 3.8) is 0 Å². The molecule has 2 rings (SSSR count). The van der Waals surface area contributed by atoms with Crippen LogP contribution in [-0.4, -0.2) is 32.7 Å². The second-order valence-corrected chi connectivity index (χ2v) is 4.95. The van der Waals surface area contributed by atoms with Gasteiger partial charge in [0.1, 0.15) is 6.54 Å². The monoisotopic (exact) mass is 305 g/mol. The fourth-order valence-electron chi connectivity index (χ4n) is 2.40. The number of benzene rings is 1. The number of nitrogens with one attached hydrogen (secondary N) is 1. The lowest BCUT2D eigenvalue weighted by molar-refractivity contribution is -0.137. The Morgan fingerprint density at radius 2 is 1.82 bits per heavy atom. The van der Waals surface area contributed by atoms with Gasteiger partial charge < -0.3 is 10.4 Å². The van der Waals surface area contributed by atoms with Gasteiger partial charge in [-0.15, -0.1) is 0 Å². The van der Waals surface area contributed by atoms with E-state index in [1.807, 2.05) is 25.1 Å². The zero-order valence-electron chi connectivity index (χ0n) is 12.4. The van der Waals surface area contributed by atoms with Crippen molar-refractivity contribution < 1.29 is 14.7 Å². The van der Waals surface area contributed by atoms with Crippen molar-refractivity contribution in [3.8, 4) is 0 Å². The SMILES string of the molecule is CCn1c(=O)n(CC(=O)NCCCC(=O)O)c2ccccc21. The average molecular weight is 305 g/mol. The highest BCUT2D eigenvalue weighted by Gasteiger charge is 2.14. The van der Waals surface area contributed by atoms with E-state index in [1.54, 1.807) is 10.6 Å². The molecule has 0 atom stereocenters. The summed E-state index contributed by atoms with van der Waals surface area (Å²) in [6.07, 6.45) is 0.377. The second kappa shape index (κ2) is 6.93. The number of imidazole rings is 1. The molecular weight excluding hydrogens is 286 g/mol. The van der Waals surface area contributed by atoms with Crippen LogP contribution in [0.5, 0.6) is 0 Å². The summed E-state index contributed by atoms with van der Waals surface area (Å²) in [6, 6.07) is 7.33. The quantitative estimate of drug-likeness (QED) is 0.740. The van der Waals surface area contributed by atoms with Crippen molar-refractivity contribution in [1.29, 1.82) is 0 Å². The maximum atomic E-state index is 12.3. The summed E-state index contributed by atoms with van der Waals surface area (Å²) < 4.78 is 3.05. The fraction of sp³-hybridized carbons (Fsp3) is 0.400. The lowest BCUT2D eigenvalue weighted by Gasteiger charge is -2.05. The number of carboxylic acids is 1. The Balaban J connectivity index is 2.11. The molecule has 1 aromatic carbocycles. The summed E-state index contributed by atoms with van der Waals surface area (Å²) in [6.45, 7) is 2.63. The summed E-state index contributed by atoms with van der Waals surface area (Å²) in [4.78, 5) is 34.7. The minimum absolute atomic E-state index is 0.00930. The first-order chi connectivity index (χ1) is 10.5. The molecule has 0 radical (unpaired) electrons. The van der Waals surface area contributed by atoms with Crippen molar-refractivity contribution in [2.24, 2.45) is 0 Å². The van der Waals surface area contributed by atoms with Crippen LogP contribution in [0.1, 0.15) is 19.8 Å². The van der Waals surface area contributed by atoms with E-state index in [9.17, 15) is 14.4 Å². The Labute approximate surface area is 127 Å². The highest BCUT2D eigenvalue weighted by molar-refractivity contribution is 5.81. The molecule has 0 saturated heterocycles. The number of aryl methyl sites for hydroxylation is 1. The summed E-state index contributed by atoms with van der Waals surface area (Å²) in [5.74, 6) is -1.19. The minimum atomic E-state index is -0.892. The van der Waals surface area contributed by atoms with E-state index in [2.05, 4.69) is 5.32 Å². The highest BCUT2D eigenvalue weighted by atomic mass is 16.4. The summed E-state index contributed by atoms with van der Waals surface area (Å²) >= 11 is 0. The van der Waals surface area contributed by atoms with Crippen LogP contribution < -0.4 is 11.0 Å². The number of hydrogen-bond acceptors (Lipinski definition) is 3. The molecule has 2 N–H and O–H groups in total. The van der Waals surface area contributed by atoms with Gasteiger partial charge >= 0.3 is 11.7 Å². The van der Waals surface area contributed by atoms with Crippen LogP contribution in [0.15, 0.2) is 29.1 Å². The smallest absolute Gasteiger partial charge is 0.329 e. The van der Waals surface area contributed by atoms with Crippen molar-refractivity contribution in [1.82, 2.24) is 14.5 Å². The van der Waals surface area contributed by atoms with Crippen LogP contribution in [0, 0.1) is 0 Å². The number of amides is 1. The van der Waals surface area contributed by atoms with Gasteiger partial charge in [0.25, 0.3) is 0 Å². The Kier molecular flexibility index (Phi) is 4.98. The molecule has 0 spiro atoms. The first-order valence-corrected chi connectivity index (χ1v) is 7.21. The molecule has 0 aliphatic carbocycles. The predicted molar refractivity (Wildman–Crippen MR) is 81.8 cm³/mol. The largest absolute Gasteiger partial charge is 0.481 e. The number of nitrogens with zero attached hydrogens (tertiary/aromatic N) is 2. The zero-order valence-corrected chi connectivity index (χ0v) is 12.4. The van der Waals surface area contributed by atoms with E-state index in [1.165, 1.54) is 4.57 Å². The predicted octanol–water partition coefficient (Wildman–Crippen LogP) is 0.804. The van der Waals surface area contributed by atoms with Gasteiger partial charge in [-0.05, 0) is 25.5 Å². The number of rotatable bonds is 7. The number of hydrogen-bond donors (Lipinski definition) is 2. The molecule has 118 valence electrons. The Bertz CT molecular complexity index is 745. The van der Waals surface area contributed by atoms with E-state index >= 15 is 0 Å². The molecule has 0 aliphatic heterocycles. The van der Waals surface area contributed by atoms with Gasteiger partial charge in [-0.3, -0.25) is 18.7 Å². The normalized spacial score (nSPS) is 10.8. The van der Waals surface area contributed by atoms with Gasteiger partial charge in [0.2, 0.25) is 5.91 Å². The summed E-state index contributed by atoms with van der Waals surface area (Å²) in [7, 11) is 0. The number of carbonyl (C=O) groups excluding carboxylic acids is 1. The molecular formula is C15H19N3O4. The maximum absolute atomic E-state index is 12.3. The van der Waals surface area contributed by atoms with Crippen LogP contribution in [0.3, 0.4) is 0 Å². The Morgan fingerprint density at radius 3 is 2.41 bits per heavy atom. The molecule has 0 aliphatic rings. The van der Waals surface area contributed by atoms with Crippen molar-refractivity contribution in [2.75, 3.05) is 6.54 Å². The molecule has 0 bridgehead atoms. The molecule has 0 fully saturated rings. The highest BCUT2D eigenvalue weighted by Crippen LogP contribution is 2.12. The molecule has 7 heteroatoms. The van der Waals surface area contributed by atoms with E-state index in [0.717, 1.165) is 11.0 Å². The first-order valence-electron chi connectivity index (χ1n) is 7.21. The van der Waals surface area contributed by atoms with Crippen molar-refractivity contribution in [3.05, 3.63) is 34.7 Å². The number of aromatic nitrogens is 2. The van der Waals surface area contributed by atoms with Gasteiger partial charge in [0, 0.05) is 19.5 Å². The molecule has 22 heavy (non-hydrogen) atoms. The third kappa shape index (κ3) is 3.36. The number of carbonyl (C=O) groups is 2. The first kappa shape index (κ1) is 15.8. The fourth-order valence-corrected chi connectivity index (χ4v) is 2.40. The summed E-state index contributed by atoms with van der Waals surface area (Å²) in [5, 5.41) is 11.2. The van der Waals surface area contributed by atoms with E-state index < -0.39 is 5.97 Å². The molecule has 0 saturated carbocycles. The lowest BCUT2D eigenvalue weighted by atomic mass is 10.3. The van der Waals surface area contributed by atoms with Crippen molar-refractivity contribution in [2.45, 2.75) is 32.9 Å². The van der Waals surface area contributed by atoms with E-state index in [4.69, 9.17) is 5.11 Å². The second-order valence-electron chi connectivity index (χ2n) is 4.95. The van der Waals surface area contributed by atoms with Crippen LogP contribution >= 0.6 is 0 Å². The van der Waals surface area contributed by atoms with E-state index in [-0.39, 0.29) is 31.1 Å². The molecule has 1 heterocycles. The van der Waals surface area contributed by atoms with E-state index in [0.29, 0.717) is 13.0 Å². The van der Waals surface area contributed by atoms with Crippen LogP contribution in [0.4, 0.5) is 0 Å². The molecule has 1 amide bonds. The Hall–Kier alpha value is -2.57. The molecule has 7 nitrogen and oxygen atoms in total. The average Bonchev–Trinajstić information content (AvgIpc) is 2.76. The van der Waals surface area contributed by atoms with Gasteiger partial charge in [-0.25, -0.2) is 4.79 Å². The maximum Gasteiger partial charge on any atom is 0.329 e. The van der Waals surface area contributed by atoms with Gasteiger partial charge in [-0.1, -0.05) is 12.1 Å². The number of fused-ring (bicyclic) bond motifs is 1.